The van der Waals surface area contributed by atoms with Gasteiger partial charge in [0.15, 0.2) is 0 Å². The third kappa shape index (κ3) is 5.07. The summed E-state index contributed by atoms with van der Waals surface area (Å²) in [6.45, 7) is 2.04. The Labute approximate surface area is 123 Å². The number of hydrogen-bond donors (Lipinski definition) is 3. The van der Waals surface area contributed by atoms with Gasteiger partial charge in [0.2, 0.25) is 0 Å². The first kappa shape index (κ1) is 15.3. The van der Waals surface area contributed by atoms with Crippen LogP contribution in [0.5, 0.6) is 0 Å². The highest BCUT2D eigenvalue weighted by Crippen LogP contribution is 2.16. The van der Waals surface area contributed by atoms with E-state index in [1.54, 1.807) is 24.3 Å². The van der Waals surface area contributed by atoms with Crippen molar-refractivity contribution in [3.8, 4) is 0 Å². The van der Waals surface area contributed by atoms with Crippen LogP contribution in [0.3, 0.4) is 0 Å². The molecule has 6 heteroatoms. The summed E-state index contributed by atoms with van der Waals surface area (Å²) in [6, 6.07) is 6.58. The van der Waals surface area contributed by atoms with Gasteiger partial charge >= 0.3 is 12.0 Å². The van der Waals surface area contributed by atoms with Crippen LogP contribution in [0, 0.1) is 5.92 Å². The van der Waals surface area contributed by atoms with E-state index in [1.807, 2.05) is 0 Å². The van der Waals surface area contributed by atoms with Crippen molar-refractivity contribution in [2.45, 2.75) is 19.3 Å². The van der Waals surface area contributed by atoms with Crippen molar-refractivity contribution in [1.82, 2.24) is 5.32 Å². The maximum atomic E-state index is 11.9. The van der Waals surface area contributed by atoms with E-state index in [9.17, 15) is 9.59 Å². The Morgan fingerprint density at radius 2 is 2.14 bits per heavy atom. The average molecular weight is 292 g/mol. The number of carboxylic acids is 1. The maximum Gasteiger partial charge on any atom is 0.319 e. The fourth-order valence-electron chi connectivity index (χ4n) is 2.33. The highest BCUT2D eigenvalue weighted by atomic mass is 16.5. The van der Waals surface area contributed by atoms with Gasteiger partial charge in [0.25, 0.3) is 0 Å². The van der Waals surface area contributed by atoms with Gasteiger partial charge in [0, 0.05) is 18.8 Å². The SMILES string of the molecule is O=C(O)Cc1ccccc1NC(=O)NCC1CCCOC1. The van der Waals surface area contributed by atoms with Gasteiger partial charge in [-0.15, -0.1) is 0 Å². The molecule has 3 N–H and O–H groups in total. The molecule has 1 atom stereocenters. The van der Waals surface area contributed by atoms with E-state index in [1.165, 1.54) is 0 Å². The molecule has 21 heavy (non-hydrogen) atoms. The molecule has 2 amide bonds. The molecule has 1 fully saturated rings. The van der Waals surface area contributed by atoms with Gasteiger partial charge in [0.05, 0.1) is 13.0 Å². The average Bonchev–Trinajstić information content (AvgIpc) is 2.48. The molecule has 1 aliphatic rings. The molecular formula is C15H20N2O4. The Bertz CT molecular complexity index is 498. The highest BCUT2D eigenvalue weighted by Gasteiger charge is 2.15. The van der Waals surface area contributed by atoms with Crippen molar-refractivity contribution in [2.24, 2.45) is 5.92 Å². The number of carbonyl (C=O) groups is 2. The number of aliphatic carboxylic acids is 1. The van der Waals surface area contributed by atoms with E-state index in [0.29, 0.717) is 30.3 Å². The Hall–Kier alpha value is -2.08. The molecule has 0 aliphatic carbocycles. The number of urea groups is 1. The second-order valence-corrected chi connectivity index (χ2v) is 5.15. The summed E-state index contributed by atoms with van der Waals surface area (Å²) in [5.74, 6) is -0.581. The predicted octanol–water partition coefficient (Wildman–Crippen LogP) is 1.86. The number of rotatable bonds is 5. The van der Waals surface area contributed by atoms with Gasteiger partial charge in [-0.3, -0.25) is 4.79 Å². The molecule has 1 unspecified atom stereocenters. The van der Waals surface area contributed by atoms with Gasteiger partial charge in [-0.1, -0.05) is 18.2 Å². The lowest BCUT2D eigenvalue weighted by atomic mass is 10.0. The molecule has 1 heterocycles. The molecule has 0 bridgehead atoms. The van der Waals surface area contributed by atoms with Crippen LogP contribution in [-0.2, 0) is 16.0 Å². The lowest BCUT2D eigenvalue weighted by Gasteiger charge is -2.22. The van der Waals surface area contributed by atoms with Gasteiger partial charge in [-0.05, 0) is 30.4 Å². The molecule has 2 rings (SSSR count). The zero-order valence-electron chi connectivity index (χ0n) is 11.8. The Kier molecular flexibility index (Phi) is 5.57. The van der Waals surface area contributed by atoms with E-state index < -0.39 is 5.97 Å². The highest BCUT2D eigenvalue weighted by molar-refractivity contribution is 5.90. The number of hydrogen-bond acceptors (Lipinski definition) is 3. The van der Waals surface area contributed by atoms with E-state index in [-0.39, 0.29) is 12.5 Å². The Balaban J connectivity index is 1.85. The van der Waals surface area contributed by atoms with Crippen LogP contribution >= 0.6 is 0 Å². The lowest BCUT2D eigenvalue weighted by Crippen LogP contribution is -2.36. The molecular weight excluding hydrogens is 272 g/mol. The fourth-order valence-corrected chi connectivity index (χ4v) is 2.33. The van der Waals surface area contributed by atoms with Crippen molar-refractivity contribution in [1.29, 1.82) is 0 Å². The minimum Gasteiger partial charge on any atom is -0.481 e. The number of anilines is 1. The first-order valence-electron chi connectivity index (χ1n) is 7.07. The quantitative estimate of drug-likeness (QED) is 0.773. The normalized spacial score (nSPS) is 18.0. The molecule has 1 aromatic carbocycles. The van der Waals surface area contributed by atoms with Crippen LogP contribution in [0.2, 0.25) is 0 Å². The smallest absolute Gasteiger partial charge is 0.319 e. The molecule has 0 radical (unpaired) electrons. The van der Waals surface area contributed by atoms with Crippen LogP contribution in [0.15, 0.2) is 24.3 Å². The van der Waals surface area contributed by atoms with Crippen LogP contribution < -0.4 is 10.6 Å². The summed E-state index contributed by atoms with van der Waals surface area (Å²) < 4.78 is 5.36. The summed E-state index contributed by atoms with van der Waals surface area (Å²) in [5, 5.41) is 14.4. The van der Waals surface area contributed by atoms with Crippen molar-refractivity contribution >= 4 is 17.7 Å². The summed E-state index contributed by atoms with van der Waals surface area (Å²) in [7, 11) is 0. The van der Waals surface area contributed by atoms with E-state index in [0.717, 1.165) is 19.4 Å². The summed E-state index contributed by atoms with van der Waals surface area (Å²) in [4.78, 5) is 22.7. The van der Waals surface area contributed by atoms with Crippen LogP contribution in [0.25, 0.3) is 0 Å². The molecule has 1 saturated heterocycles. The second kappa shape index (κ2) is 7.64. The minimum atomic E-state index is -0.927. The molecule has 0 spiro atoms. The number of amides is 2. The Morgan fingerprint density at radius 1 is 1.33 bits per heavy atom. The lowest BCUT2D eigenvalue weighted by molar-refractivity contribution is -0.136. The largest absolute Gasteiger partial charge is 0.481 e. The number of ether oxygens (including phenoxy) is 1. The van der Waals surface area contributed by atoms with Crippen LogP contribution in [-0.4, -0.2) is 36.9 Å². The van der Waals surface area contributed by atoms with E-state index in [4.69, 9.17) is 9.84 Å². The summed E-state index contributed by atoms with van der Waals surface area (Å²) in [5.41, 5.74) is 1.11. The number of para-hydroxylation sites is 1. The molecule has 114 valence electrons. The molecule has 6 nitrogen and oxygen atoms in total. The number of carboxylic acid groups (broad SMARTS) is 1. The topological polar surface area (TPSA) is 87.7 Å². The van der Waals surface area contributed by atoms with Gasteiger partial charge in [-0.25, -0.2) is 4.79 Å². The molecule has 0 aromatic heterocycles. The first-order valence-corrected chi connectivity index (χ1v) is 7.07. The summed E-state index contributed by atoms with van der Waals surface area (Å²) >= 11 is 0. The number of benzene rings is 1. The zero-order chi connectivity index (χ0) is 15.1. The standard InChI is InChI=1S/C15H20N2O4/c18-14(19)8-12-5-1-2-6-13(12)17-15(20)16-9-11-4-3-7-21-10-11/h1-2,5-6,11H,3-4,7-10H2,(H,18,19)(H2,16,17,20). The van der Waals surface area contributed by atoms with Crippen molar-refractivity contribution in [3.05, 3.63) is 29.8 Å². The van der Waals surface area contributed by atoms with Crippen molar-refractivity contribution < 1.29 is 19.4 Å². The molecule has 0 saturated carbocycles. The third-order valence-corrected chi connectivity index (χ3v) is 3.41. The van der Waals surface area contributed by atoms with Gasteiger partial charge in [0.1, 0.15) is 0 Å². The predicted molar refractivity (Wildman–Crippen MR) is 78.3 cm³/mol. The zero-order valence-corrected chi connectivity index (χ0v) is 11.8. The van der Waals surface area contributed by atoms with Gasteiger partial charge < -0.3 is 20.5 Å². The van der Waals surface area contributed by atoms with E-state index in [2.05, 4.69) is 10.6 Å². The maximum absolute atomic E-state index is 11.9. The van der Waals surface area contributed by atoms with Gasteiger partial charge in [-0.2, -0.15) is 0 Å². The third-order valence-electron chi connectivity index (χ3n) is 3.41. The van der Waals surface area contributed by atoms with Crippen molar-refractivity contribution in [2.75, 3.05) is 25.1 Å². The Morgan fingerprint density at radius 3 is 2.86 bits per heavy atom. The molecule has 1 aliphatic heterocycles. The van der Waals surface area contributed by atoms with Crippen molar-refractivity contribution in [3.63, 3.8) is 0 Å². The summed E-state index contributed by atoms with van der Waals surface area (Å²) in [6.07, 6.45) is 1.96. The van der Waals surface area contributed by atoms with E-state index >= 15 is 0 Å². The van der Waals surface area contributed by atoms with Crippen LogP contribution in [0.4, 0.5) is 10.5 Å². The first-order chi connectivity index (χ1) is 10.1. The minimum absolute atomic E-state index is 0.118. The molecule has 1 aromatic rings. The second-order valence-electron chi connectivity index (χ2n) is 5.15. The number of carbonyl (C=O) groups excluding carboxylic acids is 1. The monoisotopic (exact) mass is 292 g/mol. The van der Waals surface area contributed by atoms with Crippen LogP contribution in [0.1, 0.15) is 18.4 Å². The number of nitrogens with one attached hydrogen (secondary N) is 2. The fraction of sp³-hybridized carbons (Fsp3) is 0.467.